The lowest BCUT2D eigenvalue weighted by Crippen LogP contribution is -2.05. The summed E-state index contributed by atoms with van der Waals surface area (Å²) >= 11 is 0. The molecule has 64 valence electrons. The summed E-state index contributed by atoms with van der Waals surface area (Å²) < 4.78 is 5.27. The highest BCUT2D eigenvalue weighted by Gasteiger charge is 2.03. The first-order chi connectivity index (χ1) is 5.69. The molecule has 0 fully saturated rings. The summed E-state index contributed by atoms with van der Waals surface area (Å²) in [7, 11) is 2.77. The molecule has 0 aromatic heterocycles. The fourth-order valence-electron chi connectivity index (χ4n) is 1.42. The van der Waals surface area contributed by atoms with Crippen LogP contribution < -0.4 is 9.92 Å². The SMILES string of the molecule is C=Cc1cc([SiH3])cc(C)c1OC. The van der Waals surface area contributed by atoms with Gasteiger partial charge in [0.25, 0.3) is 0 Å². The molecule has 0 atom stereocenters. The summed E-state index contributed by atoms with van der Waals surface area (Å²) in [4.78, 5) is 0. The zero-order valence-electron chi connectivity index (χ0n) is 7.85. The van der Waals surface area contributed by atoms with Crippen LogP contribution in [0.25, 0.3) is 6.08 Å². The van der Waals surface area contributed by atoms with Crippen molar-refractivity contribution >= 4 is 21.5 Å². The van der Waals surface area contributed by atoms with E-state index < -0.39 is 0 Å². The highest BCUT2D eigenvalue weighted by molar-refractivity contribution is 6.32. The maximum Gasteiger partial charge on any atom is 0.128 e. The monoisotopic (exact) mass is 178 g/mol. The minimum atomic E-state index is 0.949. The fourth-order valence-corrected chi connectivity index (χ4v) is 2.16. The van der Waals surface area contributed by atoms with Gasteiger partial charge in [0.1, 0.15) is 5.75 Å². The third-order valence-electron chi connectivity index (χ3n) is 1.87. The molecular formula is C10H14OSi. The molecule has 1 aromatic rings. The Morgan fingerprint density at radius 3 is 2.67 bits per heavy atom. The molecule has 0 heterocycles. The summed E-state index contributed by atoms with van der Waals surface area (Å²) in [5.41, 5.74) is 2.29. The molecule has 0 aliphatic heterocycles. The minimum absolute atomic E-state index is 0.949. The summed E-state index contributed by atoms with van der Waals surface area (Å²) in [5.74, 6) is 0.949. The van der Waals surface area contributed by atoms with Crippen LogP contribution in [0.5, 0.6) is 5.75 Å². The molecule has 2 heteroatoms. The Bertz CT molecular complexity index is 305. The highest BCUT2D eigenvalue weighted by Crippen LogP contribution is 2.22. The molecule has 0 aliphatic carbocycles. The van der Waals surface area contributed by atoms with Gasteiger partial charge < -0.3 is 4.74 Å². The van der Waals surface area contributed by atoms with Crippen LogP contribution in [0.1, 0.15) is 11.1 Å². The Morgan fingerprint density at radius 2 is 2.17 bits per heavy atom. The van der Waals surface area contributed by atoms with Crippen molar-refractivity contribution in [1.29, 1.82) is 0 Å². The molecule has 0 spiro atoms. The quantitative estimate of drug-likeness (QED) is 0.604. The summed E-state index contributed by atoms with van der Waals surface area (Å²) in [6.07, 6.45) is 1.84. The van der Waals surface area contributed by atoms with Crippen LogP contribution >= 0.6 is 0 Å². The van der Waals surface area contributed by atoms with E-state index in [9.17, 15) is 0 Å². The minimum Gasteiger partial charge on any atom is -0.496 e. The molecule has 1 nitrogen and oxygen atoms in total. The van der Waals surface area contributed by atoms with Crippen LogP contribution in [0, 0.1) is 6.92 Å². The standard InChI is InChI=1S/C10H14OSi/c1-4-8-6-9(12)5-7(2)10(8)11-3/h4-6H,1H2,2-3,12H3. The van der Waals surface area contributed by atoms with Gasteiger partial charge in [-0.1, -0.05) is 30.0 Å². The molecule has 12 heavy (non-hydrogen) atoms. The molecule has 0 bridgehead atoms. The van der Waals surface area contributed by atoms with Crippen molar-refractivity contribution in [3.8, 4) is 5.75 Å². The zero-order valence-corrected chi connectivity index (χ0v) is 9.85. The van der Waals surface area contributed by atoms with Gasteiger partial charge in [-0.15, -0.1) is 0 Å². The lowest BCUT2D eigenvalue weighted by molar-refractivity contribution is 0.411. The van der Waals surface area contributed by atoms with Gasteiger partial charge in [0.15, 0.2) is 0 Å². The van der Waals surface area contributed by atoms with Crippen molar-refractivity contribution < 1.29 is 4.74 Å². The third kappa shape index (κ3) is 1.59. The van der Waals surface area contributed by atoms with Gasteiger partial charge in [-0.3, -0.25) is 0 Å². The average molecular weight is 178 g/mol. The van der Waals surface area contributed by atoms with Crippen LogP contribution in [0.2, 0.25) is 0 Å². The van der Waals surface area contributed by atoms with E-state index >= 15 is 0 Å². The molecule has 0 radical (unpaired) electrons. The van der Waals surface area contributed by atoms with Crippen molar-refractivity contribution in [2.24, 2.45) is 0 Å². The second-order valence-corrected chi connectivity index (χ2v) is 4.06. The van der Waals surface area contributed by atoms with Gasteiger partial charge in [0, 0.05) is 15.8 Å². The Morgan fingerprint density at radius 1 is 1.50 bits per heavy atom. The fraction of sp³-hybridized carbons (Fsp3) is 0.200. The van der Waals surface area contributed by atoms with Crippen molar-refractivity contribution in [2.75, 3.05) is 7.11 Å². The number of hydrogen-bond acceptors (Lipinski definition) is 1. The van der Waals surface area contributed by atoms with Gasteiger partial charge in [0.05, 0.1) is 7.11 Å². The van der Waals surface area contributed by atoms with Crippen LogP contribution in [-0.2, 0) is 0 Å². The smallest absolute Gasteiger partial charge is 0.128 e. The number of methoxy groups -OCH3 is 1. The van der Waals surface area contributed by atoms with Gasteiger partial charge in [0.2, 0.25) is 0 Å². The van der Waals surface area contributed by atoms with Crippen LogP contribution in [0.4, 0.5) is 0 Å². The van der Waals surface area contributed by atoms with Crippen LogP contribution in [-0.4, -0.2) is 17.4 Å². The Hall–Kier alpha value is -1.02. The molecule has 0 aliphatic rings. The molecule has 0 unspecified atom stereocenters. The van der Waals surface area contributed by atoms with E-state index in [4.69, 9.17) is 4.74 Å². The van der Waals surface area contributed by atoms with Crippen LogP contribution in [0.15, 0.2) is 18.7 Å². The molecule has 0 saturated heterocycles. The second-order valence-electron chi connectivity index (χ2n) is 2.91. The molecule has 1 rings (SSSR count). The first-order valence-electron chi connectivity index (χ1n) is 3.96. The lowest BCUT2D eigenvalue weighted by atomic mass is 10.1. The topological polar surface area (TPSA) is 9.23 Å². The summed E-state index contributed by atoms with van der Waals surface area (Å²) in [6.45, 7) is 5.82. The van der Waals surface area contributed by atoms with E-state index in [0.29, 0.717) is 0 Å². The van der Waals surface area contributed by atoms with Gasteiger partial charge in [-0.2, -0.15) is 0 Å². The number of benzene rings is 1. The maximum atomic E-state index is 5.27. The maximum absolute atomic E-state index is 5.27. The Labute approximate surface area is 76.5 Å². The molecule has 0 saturated carbocycles. The molecule has 0 amide bonds. The van der Waals surface area contributed by atoms with Crippen molar-refractivity contribution in [3.05, 3.63) is 29.8 Å². The Kier molecular flexibility index (Phi) is 2.71. The van der Waals surface area contributed by atoms with Gasteiger partial charge >= 0.3 is 0 Å². The molecular weight excluding hydrogens is 164 g/mol. The van der Waals surface area contributed by atoms with Crippen molar-refractivity contribution in [1.82, 2.24) is 0 Å². The Balaban J connectivity index is 3.33. The zero-order chi connectivity index (χ0) is 9.14. The second kappa shape index (κ2) is 3.58. The highest BCUT2D eigenvalue weighted by atomic mass is 28.1. The first kappa shape index (κ1) is 9.07. The van der Waals surface area contributed by atoms with Crippen LogP contribution in [0.3, 0.4) is 0 Å². The van der Waals surface area contributed by atoms with Gasteiger partial charge in [-0.25, -0.2) is 0 Å². The largest absolute Gasteiger partial charge is 0.496 e. The van der Waals surface area contributed by atoms with E-state index in [1.54, 1.807) is 7.11 Å². The molecule has 0 N–H and O–H groups in total. The summed E-state index contributed by atoms with van der Waals surface area (Å²) in [6, 6.07) is 4.29. The number of aryl methyl sites for hydroxylation is 1. The predicted molar refractivity (Wildman–Crippen MR) is 57.4 cm³/mol. The van der Waals surface area contributed by atoms with E-state index in [0.717, 1.165) is 21.6 Å². The summed E-state index contributed by atoms with van der Waals surface area (Å²) in [5, 5.41) is 1.38. The normalized spacial score (nSPS) is 9.83. The lowest BCUT2D eigenvalue weighted by Gasteiger charge is -2.09. The van der Waals surface area contributed by atoms with Crippen molar-refractivity contribution in [2.45, 2.75) is 6.92 Å². The van der Waals surface area contributed by atoms with Crippen molar-refractivity contribution in [3.63, 3.8) is 0 Å². The van der Waals surface area contributed by atoms with Gasteiger partial charge in [-0.05, 0) is 12.5 Å². The van der Waals surface area contributed by atoms with E-state index in [1.807, 2.05) is 6.08 Å². The number of rotatable bonds is 2. The van der Waals surface area contributed by atoms with E-state index in [1.165, 1.54) is 10.8 Å². The number of ether oxygens (including phenoxy) is 1. The van der Waals surface area contributed by atoms with E-state index in [-0.39, 0.29) is 0 Å². The first-order valence-corrected chi connectivity index (χ1v) is 4.96. The number of hydrogen-bond donors (Lipinski definition) is 0. The predicted octanol–water partition coefficient (Wildman–Crippen LogP) is 0.637. The molecule has 1 aromatic carbocycles. The van der Waals surface area contributed by atoms with E-state index in [2.05, 4.69) is 25.6 Å². The third-order valence-corrected chi connectivity index (χ3v) is 2.45. The average Bonchev–Trinajstić information content (AvgIpc) is 2.03.